The van der Waals surface area contributed by atoms with E-state index in [9.17, 15) is 14.4 Å². The zero-order valence-electron chi connectivity index (χ0n) is 14.9. The normalized spacial score (nSPS) is 15.9. The molecule has 2 aliphatic heterocycles. The van der Waals surface area contributed by atoms with Crippen molar-refractivity contribution in [2.75, 3.05) is 37.5 Å². The van der Waals surface area contributed by atoms with Crippen molar-refractivity contribution in [2.24, 2.45) is 0 Å². The van der Waals surface area contributed by atoms with Gasteiger partial charge in [0.2, 0.25) is 0 Å². The van der Waals surface area contributed by atoms with E-state index in [0.29, 0.717) is 30.0 Å². The van der Waals surface area contributed by atoms with Crippen molar-refractivity contribution in [1.29, 1.82) is 0 Å². The number of hydrogen-bond donors (Lipinski definition) is 2. The lowest BCUT2D eigenvalue weighted by molar-refractivity contribution is -0.139. The molecule has 0 saturated heterocycles. The molecule has 1 amide bonds. The largest absolute Gasteiger partial charge is 0.465 e. The second-order valence-electron chi connectivity index (χ2n) is 5.70. The molecule has 0 aromatic heterocycles. The number of anilines is 2. The summed E-state index contributed by atoms with van der Waals surface area (Å²) in [7, 11) is 2.47. The van der Waals surface area contributed by atoms with E-state index < -0.39 is 11.9 Å². The first-order chi connectivity index (χ1) is 13.1. The standard InChI is InChI=1S/C19H19N3O5/c1-26-18(24)13-6-3-4-11-22(16(13)19(25)27-2)14-8-5-7-12-15(14)20-9-10-21-17(12)23/h3-8,11,20H,9-10H2,1-2H3,(H,21,23). The SMILES string of the molecule is COC(=O)C1=C(C(=O)OC)N(c2cccc3c2NCCNC3=O)C=CC=C1. The van der Waals surface area contributed by atoms with Gasteiger partial charge in [0.05, 0.1) is 36.7 Å². The van der Waals surface area contributed by atoms with Gasteiger partial charge >= 0.3 is 11.9 Å². The third kappa shape index (κ3) is 3.41. The van der Waals surface area contributed by atoms with Crippen molar-refractivity contribution in [2.45, 2.75) is 0 Å². The Morgan fingerprint density at radius 3 is 2.52 bits per heavy atom. The van der Waals surface area contributed by atoms with Gasteiger partial charge in [-0.25, -0.2) is 9.59 Å². The van der Waals surface area contributed by atoms with E-state index in [4.69, 9.17) is 9.47 Å². The summed E-state index contributed by atoms with van der Waals surface area (Å²) < 4.78 is 9.71. The number of allylic oxidation sites excluding steroid dienone is 2. The van der Waals surface area contributed by atoms with Gasteiger partial charge in [-0.15, -0.1) is 0 Å². The molecular weight excluding hydrogens is 350 g/mol. The number of nitrogens with one attached hydrogen (secondary N) is 2. The van der Waals surface area contributed by atoms with Gasteiger partial charge in [0.25, 0.3) is 5.91 Å². The first kappa shape index (κ1) is 18.2. The highest BCUT2D eigenvalue weighted by molar-refractivity contribution is 6.08. The molecule has 2 aliphatic rings. The number of rotatable bonds is 3. The van der Waals surface area contributed by atoms with Crippen LogP contribution in [-0.4, -0.2) is 45.2 Å². The topological polar surface area (TPSA) is 97.0 Å². The fraction of sp³-hybridized carbons (Fsp3) is 0.211. The summed E-state index contributed by atoms with van der Waals surface area (Å²) in [6, 6.07) is 5.15. The summed E-state index contributed by atoms with van der Waals surface area (Å²) in [6.45, 7) is 0.990. The average molecular weight is 369 g/mol. The van der Waals surface area contributed by atoms with E-state index in [-0.39, 0.29) is 17.2 Å². The van der Waals surface area contributed by atoms with Crippen molar-refractivity contribution in [3.8, 4) is 0 Å². The average Bonchev–Trinajstić information content (AvgIpc) is 3.03. The van der Waals surface area contributed by atoms with Crippen LogP contribution >= 0.6 is 0 Å². The van der Waals surface area contributed by atoms with Crippen LogP contribution in [0.3, 0.4) is 0 Å². The predicted octanol–water partition coefficient (Wildman–Crippen LogP) is 1.33. The number of benzene rings is 1. The van der Waals surface area contributed by atoms with E-state index in [1.54, 1.807) is 36.6 Å². The molecule has 1 aromatic carbocycles. The van der Waals surface area contributed by atoms with Gasteiger partial charge in [0.1, 0.15) is 5.70 Å². The summed E-state index contributed by atoms with van der Waals surface area (Å²) in [5.41, 5.74) is 1.58. The Balaban J connectivity index is 2.23. The molecule has 27 heavy (non-hydrogen) atoms. The lowest BCUT2D eigenvalue weighted by Crippen LogP contribution is -2.28. The van der Waals surface area contributed by atoms with Gasteiger partial charge in [-0.1, -0.05) is 12.1 Å². The van der Waals surface area contributed by atoms with Gasteiger partial charge < -0.3 is 25.0 Å². The number of amides is 1. The highest BCUT2D eigenvalue weighted by Gasteiger charge is 2.30. The Morgan fingerprint density at radius 1 is 1.04 bits per heavy atom. The van der Waals surface area contributed by atoms with Crippen LogP contribution in [0.15, 0.2) is 53.9 Å². The Labute approximate surface area is 156 Å². The minimum absolute atomic E-state index is 0.00537. The molecule has 0 fully saturated rings. The number of ether oxygens (including phenoxy) is 2. The Morgan fingerprint density at radius 2 is 1.78 bits per heavy atom. The maximum absolute atomic E-state index is 12.5. The second-order valence-corrected chi connectivity index (χ2v) is 5.70. The van der Waals surface area contributed by atoms with E-state index in [0.717, 1.165) is 0 Å². The fourth-order valence-electron chi connectivity index (χ4n) is 2.93. The summed E-state index contributed by atoms with van der Waals surface area (Å²) in [4.78, 5) is 38.6. The quantitative estimate of drug-likeness (QED) is 0.776. The van der Waals surface area contributed by atoms with Crippen molar-refractivity contribution in [3.63, 3.8) is 0 Å². The molecule has 0 atom stereocenters. The Bertz CT molecular complexity index is 885. The van der Waals surface area contributed by atoms with Crippen molar-refractivity contribution >= 4 is 29.2 Å². The van der Waals surface area contributed by atoms with Crippen molar-refractivity contribution in [1.82, 2.24) is 5.32 Å². The molecule has 0 spiro atoms. The number of fused-ring (bicyclic) bond motifs is 1. The molecule has 2 N–H and O–H groups in total. The monoisotopic (exact) mass is 369 g/mol. The molecule has 0 aliphatic carbocycles. The fourth-order valence-corrected chi connectivity index (χ4v) is 2.93. The van der Waals surface area contributed by atoms with Crippen LogP contribution in [0.1, 0.15) is 10.4 Å². The zero-order chi connectivity index (χ0) is 19.4. The molecular formula is C19H19N3O5. The lowest BCUT2D eigenvalue weighted by Gasteiger charge is -2.26. The Kier molecular flexibility index (Phi) is 5.25. The molecule has 3 rings (SSSR count). The van der Waals surface area contributed by atoms with Gasteiger partial charge in [-0.2, -0.15) is 0 Å². The van der Waals surface area contributed by atoms with E-state index in [1.807, 2.05) is 0 Å². The van der Waals surface area contributed by atoms with Crippen molar-refractivity contribution in [3.05, 3.63) is 59.5 Å². The van der Waals surface area contributed by atoms with E-state index >= 15 is 0 Å². The molecule has 8 nitrogen and oxygen atoms in total. The summed E-state index contributed by atoms with van der Waals surface area (Å²) >= 11 is 0. The van der Waals surface area contributed by atoms with E-state index in [1.165, 1.54) is 25.2 Å². The minimum atomic E-state index is -0.706. The van der Waals surface area contributed by atoms with Crippen LogP contribution in [0, 0.1) is 0 Å². The molecule has 0 bridgehead atoms. The van der Waals surface area contributed by atoms with Crippen LogP contribution in [0.4, 0.5) is 11.4 Å². The first-order valence-electron chi connectivity index (χ1n) is 8.28. The zero-order valence-corrected chi connectivity index (χ0v) is 14.9. The minimum Gasteiger partial charge on any atom is -0.465 e. The molecule has 0 saturated carbocycles. The third-order valence-electron chi connectivity index (χ3n) is 4.15. The van der Waals surface area contributed by atoms with Crippen LogP contribution in [-0.2, 0) is 19.1 Å². The van der Waals surface area contributed by atoms with Crippen LogP contribution in [0.5, 0.6) is 0 Å². The number of carbonyl (C=O) groups excluding carboxylic acids is 3. The maximum atomic E-state index is 12.5. The molecule has 140 valence electrons. The number of methoxy groups -OCH3 is 2. The molecule has 1 aromatic rings. The maximum Gasteiger partial charge on any atom is 0.355 e. The van der Waals surface area contributed by atoms with Gasteiger partial charge in [-0.3, -0.25) is 4.79 Å². The van der Waals surface area contributed by atoms with Gasteiger partial charge in [0.15, 0.2) is 0 Å². The van der Waals surface area contributed by atoms with Crippen molar-refractivity contribution < 1.29 is 23.9 Å². The van der Waals surface area contributed by atoms with Gasteiger partial charge in [-0.05, 0) is 24.3 Å². The van der Waals surface area contributed by atoms with Crippen LogP contribution in [0.2, 0.25) is 0 Å². The third-order valence-corrected chi connectivity index (χ3v) is 4.15. The summed E-state index contributed by atoms with van der Waals surface area (Å²) in [5.74, 6) is -1.60. The smallest absolute Gasteiger partial charge is 0.355 e. The number of hydrogen-bond acceptors (Lipinski definition) is 7. The predicted molar refractivity (Wildman–Crippen MR) is 99.1 cm³/mol. The molecule has 0 unspecified atom stereocenters. The highest BCUT2D eigenvalue weighted by Crippen LogP contribution is 2.35. The van der Waals surface area contributed by atoms with Crippen LogP contribution < -0.4 is 15.5 Å². The number of nitrogens with zero attached hydrogens (tertiary/aromatic N) is 1. The first-order valence-corrected chi connectivity index (χ1v) is 8.28. The lowest BCUT2D eigenvalue weighted by atomic mass is 10.1. The number of para-hydroxylation sites is 1. The summed E-state index contributed by atoms with van der Waals surface area (Å²) in [5, 5.41) is 6.00. The van der Waals surface area contributed by atoms with Gasteiger partial charge in [0, 0.05) is 19.3 Å². The number of esters is 2. The number of carbonyl (C=O) groups is 3. The molecule has 2 heterocycles. The molecule has 0 radical (unpaired) electrons. The Hall–Kier alpha value is -3.55. The molecule has 8 heteroatoms. The second kappa shape index (κ2) is 7.77. The van der Waals surface area contributed by atoms with Crippen LogP contribution in [0.25, 0.3) is 0 Å². The highest BCUT2D eigenvalue weighted by atomic mass is 16.5. The summed E-state index contributed by atoms with van der Waals surface area (Å²) in [6.07, 6.45) is 6.40. The van der Waals surface area contributed by atoms with E-state index in [2.05, 4.69) is 10.6 Å².